The minimum absolute atomic E-state index is 0.415. The van der Waals surface area contributed by atoms with Gasteiger partial charge in [0.05, 0.1) is 5.71 Å². The number of nitrogens with one attached hydrogen (secondary N) is 3. The van der Waals surface area contributed by atoms with E-state index >= 15 is 0 Å². The Labute approximate surface area is 186 Å². The van der Waals surface area contributed by atoms with Gasteiger partial charge in [0.15, 0.2) is 0 Å². The van der Waals surface area contributed by atoms with E-state index in [1.165, 1.54) is 6.42 Å². The summed E-state index contributed by atoms with van der Waals surface area (Å²) in [5.74, 6) is 1.58. The SMILES string of the molecule is C/C(=N\Nc1nc(Nc2ccccc2)nc(N2CCCCC2)n1)c1c[nH]c2ccccc12. The Hall–Kier alpha value is -3.94. The van der Waals surface area contributed by atoms with Crippen LogP contribution >= 0.6 is 0 Å². The lowest BCUT2D eigenvalue weighted by Gasteiger charge is -2.26. The van der Waals surface area contributed by atoms with E-state index in [9.17, 15) is 0 Å². The molecule has 162 valence electrons. The zero-order valence-corrected chi connectivity index (χ0v) is 18.0. The van der Waals surface area contributed by atoms with Gasteiger partial charge in [-0.2, -0.15) is 20.1 Å². The molecule has 8 heteroatoms. The Morgan fingerprint density at radius 3 is 2.50 bits per heavy atom. The van der Waals surface area contributed by atoms with Gasteiger partial charge in [-0.05, 0) is 44.4 Å². The van der Waals surface area contributed by atoms with Crippen LogP contribution in [0.15, 0.2) is 65.9 Å². The standard InChI is InChI=1S/C24H26N8/c1-17(20-16-25-21-13-7-6-12-19(20)21)30-31-23-27-22(26-18-10-4-2-5-11-18)28-24(29-23)32-14-8-3-9-15-32/h2,4-7,10-13,16,25H,3,8-9,14-15H2,1H3,(H2,26,27,28,29,31)/b30-17+. The van der Waals surface area contributed by atoms with E-state index in [0.29, 0.717) is 17.8 Å². The molecule has 3 heterocycles. The van der Waals surface area contributed by atoms with E-state index in [4.69, 9.17) is 0 Å². The largest absolute Gasteiger partial charge is 0.360 e. The summed E-state index contributed by atoms with van der Waals surface area (Å²) in [7, 11) is 0. The quantitative estimate of drug-likeness (QED) is 0.299. The van der Waals surface area contributed by atoms with Gasteiger partial charge in [-0.25, -0.2) is 5.43 Å². The number of anilines is 4. The maximum Gasteiger partial charge on any atom is 0.250 e. The van der Waals surface area contributed by atoms with Crippen molar-refractivity contribution in [1.82, 2.24) is 19.9 Å². The lowest BCUT2D eigenvalue weighted by atomic mass is 10.1. The summed E-state index contributed by atoms with van der Waals surface area (Å²) in [6.07, 6.45) is 5.51. The number of aromatic nitrogens is 4. The zero-order valence-electron chi connectivity index (χ0n) is 18.0. The lowest BCUT2D eigenvalue weighted by molar-refractivity contribution is 0.568. The van der Waals surface area contributed by atoms with E-state index in [0.717, 1.165) is 53.8 Å². The van der Waals surface area contributed by atoms with Crippen molar-refractivity contribution in [3.8, 4) is 0 Å². The summed E-state index contributed by atoms with van der Waals surface area (Å²) in [4.78, 5) is 19.4. The second-order valence-corrected chi connectivity index (χ2v) is 7.88. The molecule has 8 nitrogen and oxygen atoms in total. The van der Waals surface area contributed by atoms with Gasteiger partial charge in [0.1, 0.15) is 0 Å². The highest BCUT2D eigenvalue weighted by Crippen LogP contribution is 2.22. The molecule has 0 atom stereocenters. The summed E-state index contributed by atoms with van der Waals surface area (Å²) < 4.78 is 0. The molecule has 0 bridgehead atoms. The molecular formula is C24H26N8. The van der Waals surface area contributed by atoms with Crippen molar-refractivity contribution in [3.05, 3.63) is 66.4 Å². The summed E-state index contributed by atoms with van der Waals surface area (Å²) in [5, 5.41) is 8.98. The number of H-pyrrole nitrogens is 1. The Bertz CT molecular complexity index is 1230. The average Bonchev–Trinajstić information content (AvgIpc) is 3.28. The van der Waals surface area contributed by atoms with Crippen LogP contribution in [0.25, 0.3) is 10.9 Å². The van der Waals surface area contributed by atoms with Crippen LogP contribution in [-0.4, -0.2) is 38.7 Å². The van der Waals surface area contributed by atoms with E-state index in [-0.39, 0.29) is 0 Å². The minimum Gasteiger partial charge on any atom is -0.360 e. The van der Waals surface area contributed by atoms with Gasteiger partial charge < -0.3 is 15.2 Å². The van der Waals surface area contributed by atoms with Crippen molar-refractivity contribution in [2.75, 3.05) is 28.7 Å². The van der Waals surface area contributed by atoms with Gasteiger partial charge in [0.25, 0.3) is 0 Å². The highest BCUT2D eigenvalue weighted by Gasteiger charge is 2.16. The molecule has 0 aliphatic carbocycles. The van der Waals surface area contributed by atoms with Crippen LogP contribution in [0.1, 0.15) is 31.7 Å². The molecule has 0 amide bonds. The third-order valence-electron chi connectivity index (χ3n) is 5.60. The molecule has 2 aromatic heterocycles. The second kappa shape index (κ2) is 9.05. The Balaban J connectivity index is 1.43. The topological polar surface area (TPSA) is 94.1 Å². The molecule has 1 saturated heterocycles. The van der Waals surface area contributed by atoms with E-state index < -0.39 is 0 Å². The molecule has 0 radical (unpaired) electrons. The Kier molecular flexibility index (Phi) is 5.65. The van der Waals surface area contributed by atoms with Crippen molar-refractivity contribution >= 4 is 40.1 Å². The molecule has 1 fully saturated rings. The smallest absolute Gasteiger partial charge is 0.250 e. The number of aromatic amines is 1. The van der Waals surface area contributed by atoms with Gasteiger partial charge in [-0.1, -0.05) is 36.4 Å². The minimum atomic E-state index is 0.415. The number of piperidine rings is 1. The Morgan fingerprint density at radius 1 is 0.906 bits per heavy atom. The predicted octanol–water partition coefficient (Wildman–Crippen LogP) is 4.92. The molecule has 0 saturated carbocycles. The number of para-hydroxylation sites is 2. The molecule has 4 aromatic rings. The highest BCUT2D eigenvalue weighted by atomic mass is 15.4. The van der Waals surface area contributed by atoms with Crippen LogP contribution in [0, 0.1) is 0 Å². The number of hydrogen-bond donors (Lipinski definition) is 3. The maximum absolute atomic E-state index is 4.67. The van der Waals surface area contributed by atoms with E-state index in [1.807, 2.05) is 55.6 Å². The van der Waals surface area contributed by atoms with Gasteiger partial charge in [-0.3, -0.25) is 0 Å². The fourth-order valence-corrected chi connectivity index (χ4v) is 3.92. The van der Waals surface area contributed by atoms with E-state index in [2.05, 4.69) is 52.8 Å². The average molecular weight is 427 g/mol. The summed E-state index contributed by atoms with van der Waals surface area (Å²) >= 11 is 0. The van der Waals surface area contributed by atoms with Crippen LogP contribution in [0.3, 0.4) is 0 Å². The maximum atomic E-state index is 4.67. The number of nitrogens with zero attached hydrogens (tertiary/aromatic N) is 5. The molecule has 2 aromatic carbocycles. The molecule has 3 N–H and O–H groups in total. The van der Waals surface area contributed by atoms with Gasteiger partial charge in [-0.15, -0.1) is 0 Å². The Morgan fingerprint density at radius 2 is 1.66 bits per heavy atom. The molecule has 5 rings (SSSR count). The molecule has 0 spiro atoms. The molecule has 1 aliphatic rings. The van der Waals surface area contributed by atoms with E-state index in [1.54, 1.807) is 0 Å². The van der Waals surface area contributed by atoms with Crippen molar-refractivity contribution in [1.29, 1.82) is 0 Å². The fourth-order valence-electron chi connectivity index (χ4n) is 3.92. The fraction of sp³-hybridized carbons (Fsp3) is 0.250. The second-order valence-electron chi connectivity index (χ2n) is 7.88. The molecular weight excluding hydrogens is 400 g/mol. The van der Waals surface area contributed by atoms with Gasteiger partial charge in [0, 0.05) is 41.4 Å². The van der Waals surface area contributed by atoms with Gasteiger partial charge in [0.2, 0.25) is 17.8 Å². The monoisotopic (exact) mass is 426 g/mol. The first-order valence-electron chi connectivity index (χ1n) is 11.0. The van der Waals surface area contributed by atoms with Gasteiger partial charge >= 0.3 is 0 Å². The van der Waals surface area contributed by atoms with Crippen LogP contribution in [0.2, 0.25) is 0 Å². The lowest BCUT2D eigenvalue weighted by Crippen LogP contribution is -2.31. The van der Waals surface area contributed by atoms with Crippen molar-refractivity contribution < 1.29 is 0 Å². The molecule has 32 heavy (non-hydrogen) atoms. The van der Waals surface area contributed by atoms with Crippen molar-refractivity contribution in [2.24, 2.45) is 5.10 Å². The highest BCUT2D eigenvalue weighted by molar-refractivity contribution is 6.09. The number of hydrazone groups is 1. The number of benzene rings is 2. The zero-order chi connectivity index (χ0) is 21.8. The number of fused-ring (bicyclic) bond motifs is 1. The first-order valence-corrected chi connectivity index (χ1v) is 11.0. The number of rotatable bonds is 6. The summed E-state index contributed by atoms with van der Waals surface area (Å²) in [6, 6.07) is 18.1. The third-order valence-corrected chi connectivity index (χ3v) is 5.60. The van der Waals surface area contributed by atoms with Crippen molar-refractivity contribution in [2.45, 2.75) is 26.2 Å². The van der Waals surface area contributed by atoms with Crippen molar-refractivity contribution in [3.63, 3.8) is 0 Å². The van der Waals surface area contributed by atoms with Crippen LogP contribution in [0.4, 0.5) is 23.5 Å². The number of hydrogen-bond acceptors (Lipinski definition) is 7. The molecule has 1 aliphatic heterocycles. The third kappa shape index (κ3) is 4.39. The van der Waals surface area contributed by atoms with Crippen LogP contribution < -0.4 is 15.6 Å². The first-order chi connectivity index (χ1) is 15.8. The molecule has 0 unspecified atom stereocenters. The first kappa shape index (κ1) is 20.0. The van der Waals surface area contributed by atoms with Crippen LogP contribution in [0.5, 0.6) is 0 Å². The summed E-state index contributed by atoms with van der Waals surface area (Å²) in [6.45, 7) is 3.87. The normalized spacial score (nSPS) is 14.5. The van der Waals surface area contributed by atoms with Crippen LogP contribution in [-0.2, 0) is 0 Å². The summed E-state index contributed by atoms with van der Waals surface area (Å²) in [5.41, 5.74) is 6.94. The predicted molar refractivity (Wildman–Crippen MR) is 130 cm³/mol.